The summed E-state index contributed by atoms with van der Waals surface area (Å²) in [6.45, 7) is 15.8. The van der Waals surface area contributed by atoms with Crippen LogP contribution in [-0.4, -0.2) is 38.2 Å². The maximum atomic E-state index is 4.41. The Morgan fingerprint density at radius 3 is 2.62 bits per heavy atom. The highest BCUT2D eigenvalue weighted by molar-refractivity contribution is 4.99. The van der Waals surface area contributed by atoms with Crippen molar-refractivity contribution < 1.29 is 0 Å². The molecule has 1 aliphatic heterocycles. The molecule has 0 amide bonds. The minimum atomic E-state index is -0.0343. The number of tetrazole rings is 1. The van der Waals surface area contributed by atoms with Crippen LogP contribution < -0.4 is 0 Å². The van der Waals surface area contributed by atoms with Crippen LogP contribution in [0.2, 0.25) is 0 Å². The molecule has 5 nitrogen and oxygen atoms in total. The molecule has 1 aromatic rings. The lowest BCUT2D eigenvalue weighted by atomic mass is 9.93. The molecule has 0 aliphatic carbocycles. The SMILES string of the molecule is CCC(C)(C)n1nnnc1[C@@H](C(C)C)N1CCC[C@H](C)C1. The Morgan fingerprint density at radius 1 is 1.33 bits per heavy atom. The van der Waals surface area contributed by atoms with E-state index in [0.717, 1.165) is 31.3 Å². The van der Waals surface area contributed by atoms with Crippen LogP contribution in [0.25, 0.3) is 0 Å². The van der Waals surface area contributed by atoms with Gasteiger partial charge in [0.15, 0.2) is 5.82 Å². The second kappa shape index (κ2) is 6.42. The second-order valence-electron chi connectivity index (χ2n) is 7.55. The van der Waals surface area contributed by atoms with E-state index in [2.05, 4.69) is 66.6 Å². The van der Waals surface area contributed by atoms with Crippen molar-refractivity contribution in [2.45, 2.75) is 72.4 Å². The third-order valence-corrected chi connectivity index (χ3v) is 4.91. The molecule has 0 radical (unpaired) electrons. The van der Waals surface area contributed by atoms with Crippen LogP contribution >= 0.6 is 0 Å². The average Bonchev–Trinajstić information content (AvgIpc) is 2.88. The van der Waals surface area contributed by atoms with Crippen LogP contribution in [0.5, 0.6) is 0 Å². The number of likely N-dealkylation sites (tertiary alicyclic amines) is 1. The lowest BCUT2D eigenvalue weighted by Crippen LogP contribution is -2.42. The summed E-state index contributed by atoms with van der Waals surface area (Å²) in [6, 6.07) is 0.313. The topological polar surface area (TPSA) is 46.8 Å². The minimum absolute atomic E-state index is 0.0343. The van der Waals surface area contributed by atoms with Crippen molar-refractivity contribution in [3.63, 3.8) is 0 Å². The number of hydrogen-bond acceptors (Lipinski definition) is 4. The number of hydrogen-bond donors (Lipinski definition) is 0. The Bertz CT molecular complexity index is 451. The zero-order valence-electron chi connectivity index (χ0n) is 14.5. The monoisotopic (exact) mass is 293 g/mol. The normalized spacial score (nSPS) is 22.7. The van der Waals surface area contributed by atoms with Gasteiger partial charge in [0.05, 0.1) is 11.6 Å². The molecule has 0 saturated carbocycles. The van der Waals surface area contributed by atoms with Gasteiger partial charge in [-0.05, 0) is 61.9 Å². The Morgan fingerprint density at radius 2 is 2.05 bits per heavy atom. The Labute approximate surface area is 129 Å². The summed E-state index contributed by atoms with van der Waals surface area (Å²) in [5, 5.41) is 12.7. The molecule has 1 fully saturated rings. The van der Waals surface area contributed by atoms with Gasteiger partial charge in [0.25, 0.3) is 0 Å². The smallest absolute Gasteiger partial charge is 0.169 e. The molecule has 0 spiro atoms. The predicted octanol–water partition coefficient (Wildman–Crippen LogP) is 3.25. The fourth-order valence-electron chi connectivity index (χ4n) is 3.32. The molecule has 2 heterocycles. The van der Waals surface area contributed by atoms with Gasteiger partial charge >= 0.3 is 0 Å². The number of aromatic nitrogens is 4. The van der Waals surface area contributed by atoms with Crippen LogP contribution in [0, 0.1) is 11.8 Å². The van der Waals surface area contributed by atoms with Crippen molar-refractivity contribution in [1.82, 2.24) is 25.1 Å². The summed E-state index contributed by atoms with van der Waals surface area (Å²) in [7, 11) is 0. The number of rotatable bonds is 5. The first-order chi connectivity index (χ1) is 9.86. The highest BCUT2D eigenvalue weighted by Gasteiger charge is 2.34. The van der Waals surface area contributed by atoms with Gasteiger partial charge in [-0.1, -0.05) is 27.7 Å². The molecule has 2 atom stereocenters. The molecule has 5 heteroatoms. The van der Waals surface area contributed by atoms with Gasteiger partial charge < -0.3 is 0 Å². The van der Waals surface area contributed by atoms with Crippen LogP contribution in [0.1, 0.15) is 72.7 Å². The van der Waals surface area contributed by atoms with E-state index in [1.54, 1.807) is 0 Å². The first-order valence-electron chi connectivity index (χ1n) is 8.39. The van der Waals surface area contributed by atoms with Crippen LogP contribution in [0.15, 0.2) is 0 Å². The van der Waals surface area contributed by atoms with Gasteiger partial charge in [-0.25, -0.2) is 4.68 Å². The van der Waals surface area contributed by atoms with Crippen molar-refractivity contribution in [2.24, 2.45) is 11.8 Å². The quantitative estimate of drug-likeness (QED) is 0.836. The molecule has 1 saturated heterocycles. The first-order valence-corrected chi connectivity index (χ1v) is 8.39. The van der Waals surface area contributed by atoms with E-state index in [0.29, 0.717) is 12.0 Å². The van der Waals surface area contributed by atoms with E-state index < -0.39 is 0 Å². The average molecular weight is 293 g/mol. The van der Waals surface area contributed by atoms with Gasteiger partial charge in [0.1, 0.15) is 0 Å². The summed E-state index contributed by atoms with van der Waals surface area (Å²) in [5.41, 5.74) is -0.0343. The van der Waals surface area contributed by atoms with Gasteiger partial charge in [-0.3, -0.25) is 4.90 Å². The maximum Gasteiger partial charge on any atom is 0.169 e. The van der Waals surface area contributed by atoms with Gasteiger partial charge in [0.2, 0.25) is 0 Å². The largest absolute Gasteiger partial charge is 0.293 e. The van der Waals surface area contributed by atoms with Crippen LogP contribution in [-0.2, 0) is 5.54 Å². The Kier molecular flexibility index (Phi) is 5.02. The molecule has 1 aliphatic rings. The lowest BCUT2D eigenvalue weighted by Gasteiger charge is -2.39. The standard InChI is InChI=1S/C16H31N5/c1-7-16(5,6)21-15(17-18-19-21)14(12(2)3)20-10-8-9-13(4)11-20/h12-14H,7-11H2,1-6H3/t13-,14+/m0/s1. The van der Waals surface area contributed by atoms with E-state index in [1.165, 1.54) is 12.8 Å². The van der Waals surface area contributed by atoms with E-state index >= 15 is 0 Å². The number of piperidine rings is 1. The molecule has 1 aromatic heterocycles. The summed E-state index contributed by atoms with van der Waals surface area (Å²) < 4.78 is 2.05. The summed E-state index contributed by atoms with van der Waals surface area (Å²) in [4.78, 5) is 2.59. The molecule has 2 rings (SSSR count). The van der Waals surface area contributed by atoms with E-state index in [9.17, 15) is 0 Å². The molecule has 0 unspecified atom stereocenters. The molecular formula is C16H31N5. The van der Waals surface area contributed by atoms with E-state index in [4.69, 9.17) is 0 Å². The van der Waals surface area contributed by atoms with E-state index in [1.807, 2.05) is 0 Å². The summed E-state index contributed by atoms with van der Waals surface area (Å²) >= 11 is 0. The fraction of sp³-hybridized carbons (Fsp3) is 0.938. The molecule has 0 N–H and O–H groups in total. The van der Waals surface area contributed by atoms with Gasteiger partial charge in [-0.2, -0.15) is 0 Å². The zero-order chi connectivity index (χ0) is 15.6. The van der Waals surface area contributed by atoms with Crippen LogP contribution in [0.4, 0.5) is 0 Å². The fourth-order valence-corrected chi connectivity index (χ4v) is 3.32. The highest BCUT2D eigenvalue weighted by Crippen LogP contribution is 2.33. The van der Waals surface area contributed by atoms with Crippen molar-refractivity contribution >= 4 is 0 Å². The first kappa shape index (κ1) is 16.4. The molecular weight excluding hydrogens is 262 g/mol. The second-order valence-corrected chi connectivity index (χ2v) is 7.55. The maximum absolute atomic E-state index is 4.41. The molecule has 0 aromatic carbocycles. The minimum Gasteiger partial charge on any atom is -0.293 e. The van der Waals surface area contributed by atoms with Crippen molar-refractivity contribution in [3.05, 3.63) is 5.82 Å². The van der Waals surface area contributed by atoms with E-state index in [-0.39, 0.29) is 5.54 Å². The highest BCUT2D eigenvalue weighted by atomic mass is 15.6. The molecule has 21 heavy (non-hydrogen) atoms. The lowest BCUT2D eigenvalue weighted by molar-refractivity contribution is 0.0874. The van der Waals surface area contributed by atoms with Crippen molar-refractivity contribution in [3.8, 4) is 0 Å². The molecule has 0 bridgehead atoms. The number of nitrogens with zero attached hydrogens (tertiary/aromatic N) is 5. The zero-order valence-corrected chi connectivity index (χ0v) is 14.5. The molecule has 120 valence electrons. The summed E-state index contributed by atoms with van der Waals surface area (Å²) in [5.74, 6) is 2.31. The third-order valence-electron chi connectivity index (χ3n) is 4.91. The van der Waals surface area contributed by atoms with Gasteiger partial charge in [-0.15, -0.1) is 5.10 Å². The predicted molar refractivity (Wildman–Crippen MR) is 85.0 cm³/mol. The Hall–Kier alpha value is -0.970. The van der Waals surface area contributed by atoms with Crippen molar-refractivity contribution in [1.29, 1.82) is 0 Å². The Balaban J connectivity index is 2.33. The summed E-state index contributed by atoms with van der Waals surface area (Å²) in [6.07, 6.45) is 3.64. The van der Waals surface area contributed by atoms with Gasteiger partial charge in [0, 0.05) is 6.54 Å². The van der Waals surface area contributed by atoms with Crippen LogP contribution in [0.3, 0.4) is 0 Å². The third kappa shape index (κ3) is 3.44. The van der Waals surface area contributed by atoms with Crippen molar-refractivity contribution in [2.75, 3.05) is 13.1 Å².